The number of amides is 1. The molecule has 2 N–H and O–H groups in total. The molecule has 2 fully saturated rings. The van der Waals surface area contributed by atoms with Crippen LogP contribution in [-0.2, 0) is 9.53 Å². The van der Waals surface area contributed by atoms with Gasteiger partial charge in [-0.25, -0.2) is 0 Å². The number of morpholine rings is 1. The number of rotatable bonds is 6. The largest absolute Gasteiger partial charge is 0.374 e. The molecule has 1 heterocycles. The zero-order valence-corrected chi connectivity index (χ0v) is 11.4. The van der Waals surface area contributed by atoms with Crippen LogP contribution in [0.2, 0.25) is 0 Å². The topological polar surface area (TPSA) is 53.6 Å². The van der Waals surface area contributed by atoms with Gasteiger partial charge in [0.15, 0.2) is 0 Å². The van der Waals surface area contributed by atoms with Gasteiger partial charge in [0.2, 0.25) is 5.91 Å². The van der Waals surface area contributed by atoms with Gasteiger partial charge in [-0.3, -0.25) is 9.69 Å². The highest BCUT2D eigenvalue weighted by atomic mass is 16.5. The van der Waals surface area contributed by atoms with Gasteiger partial charge in [0.25, 0.3) is 0 Å². The third-order valence-corrected chi connectivity index (χ3v) is 3.50. The summed E-state index contributed by atoms with van der Waals surface area (Å²) in [5, 5.41) is 6.15. The molecular formula is C13H25N3O2. The molecule has 1 saturated carbocycles. The van der Waals surface area contributed by atoms with E-state index in [0.717, 1.165) is 39.1 Å². The van der Waals surface area contributed by atoms with Gasteiger partial charge in [-0.05, 0) is 26.7 Å². The molecule has 1 aliphatic heterocycles. The van der Waals surface area contributed by atoms with Crippen molar-refractivity contribution < 1.29 is 9.53 Å². The Kier molecular flexibility index (Phi) is 4.97. The maximum Gasteiger partial charge on any atom is 0.234 e. The first-order chi connectivity index (χ1) is 8.65. The van der Waals surface area contributed by atoms with Crippen LogP contribution >= 0.6 is 0 Å². The third kappa shape index (κ3) is 4.55. The smallest absolute Gasteiger partial charge is 0.234 e. The van der Waals surface area contributed by atoms with E-state index in [1.54, 1.807) is 0 Å². The molecule has 2 aliphatic rings. The van der Waals surface area contributed by atoms with E-state index in [4.69, 9.17) is 4.74 Å². The number of hydrogen-bond donors (Lipinski definition) is 2. The summed E-state index contributed by atoms with van der Waals surface area (Å²) in [4.78, 5) is 13.9. The third-order valence-electron chi connectivity index (χ3n) is 3.50. The molecule has 18 heavy (non-hydrogen) atoms. The molecule has 0 aromatic carbocycles. The van der Waals surface area contributed by atoms with E-state index in [2.05, 4.69) is 29.4 Å². The average molecular weight is 255 g/mol. The first-order valence-electron chi connectivity index (χ1n) is 7.01. The van der Waals surface area contributed by atoms with Crippen molar-refractivity contribution in [1.82, 2.24) is 15.5 Å². The average Bonchev–Trinajstić information content (AvgIpc) is 3.13. The number of hydrogen-bond acceptors (Lipinski definition) is 4. The number of nitrogens with one attached hydrogen (secondary N) is 2. The van der Waals surface area contributed by atoms with Crippen molar-refractivity contribution in [3.63, 3.8) is 0 Å². The Morgan fingerprint density at radius 2 is 2.22 bits per heavy atom. The molecule has 1 aliphatic carbocycles. The standard InChI is InChI=1S/C13H25N3O2/c1-10(2)16-5-6-18-12(9-16)7-14-8-13(17)15-11-3-4-11/h10-12,14H,3-9H2,1-2H3,(H,15,17). The van der Waals surface area contributed by atoms with Crippen molar-refractivity contribution >= 4 is 5.91 Å². The SMILES string of the molecule is CC(C)N1CCOC(CNCC(=O)NC2CC2)C1. The van der Waals surface area contributed by atoms with Gasteiger partial charge in [-0.1, -0.05) is 0 Å². The van der Waals surface area contributed by atoms with Crippen LogP contribution in [0, 0.1) is 0 Å². The number of nitrogens with zero attached hydrogens (tertiary/aromatic N) is 1. The quantitative estimate of drug-likeness (QED) is 0.699. The predicted molar refractivity (Wildman–Crippen MR) is 70.5 cm³/mol. The van der Waals surface area contributed by atoms with Crippen LogP contribution in [-0.4, -0.2) is 61.8 Å². The van der Waals surface area contributed by atoms with Crippen LogP contribution < -0.4 is 10.6 Å². The highest BCUT2D eigenvalue weighted by Gasteiger charge is 2.24. The maximum atomic E-state index is 11.5. The number of ether oxygens (including phenoxy) is 1. The highest BCUT2D eigenvalue weighted by Crippen LogP contribution is 2.18. The lowest BCUT2D eigenvalue weighted by Crippen LogP contribution is -2.50. The molecule has 2 rings (SSSR count). The molecule has 1 atom stereocenters. The summed E-state index contributed by atoms with van der Waals surface area (Å²) in [6, 6.07) is 1.01. The summed E-state index contributed by atoms with van der Waals surface area (Å²) in [6.07, 6.45) is 2.48. The highest BCUT2D eigenvalue weighted by molar-refractivity contribution is 5.78. The molecule has 1 unspecified atom stereocenters. The molecule has 0 aromatic rings. The first kappa shape index (κ1) is 13.8. The lowest BCUT2D eigenvalue weighted by Gasteiger charge is -2.35. The van der Waals surface area contributed by atoms with Crippen LogP contribution in [0.15, 0.2) is 0 Å². The summed E-state index contributed by atoms with van der Waals surface area (Å²) in [5.41, 5.74) is 0. The van der Waals surface area contributed by atoms with Crippen LogP contribution in [0.3, 0.4) is 0 Å². The lowest BCUT2D eigenvalue weighted by atomic mass is 10.2. The molecule has 1 saturated heterocycles. The summed E-state index contributed by atoms with van der Waals surface area (Å²) >= 11 is 0. The fourth-order valence-electron chi connectivity index (χ4n) is 2.19. The fourth-order valence-corrected chi connectivity index (χ4v) is 2.19. The Hall–Kier alpha value is -0.650. The summed E-state index contributed by atoms with van der Waals surface area (Å²) in [7, 11) is 0. The minimum Gasteiger partial charge on any atom is -0.374 e. The van der Waals surface area contributed by atoms with Gasteiger partial charge in [0.05, 0.1) is 19.3 Å². The Morgan fingerprint density at radius 3 is 2.89 bits per heavy atom. The zero-order valence-electron chi connectivity index (χ0n) is 11.4. The molecule has 5 nitrogen and oxygen atoms in total. The van der Waals surface area contributed by atoms with Crippen LogP contribution in [0.5, 0.6) is 0 Å². The maximum absolute atomic E-state index is 11.5. The Balaban J connectivity index is 1.58. The fraction of sp³-hybridized carbons (Fsp3) is 0.923. The van der Waals surface area contributed by atoms with E-state index >= 15 is 0 Å². The summed E-state index contributed by atoms with van der Waals surface area (Å²) in [5.74, 6) is 0.106. The molecule has 0 spiro atoms. The van der Waals surface area contributed by atoms with Crippen LogP contribution in [0.4, 0.5) is 0 Å². The molecular weight excluding hydrogens is 230 g/mol. The van der Waals surface area contributed by atoms with Crippen LogP contribution in [0.1, 0.15) is 26.7 Å². The second kappa shape index (κ2) is 6.50. The Bertz CT molecular complexity index is 279. The van der Waals surface area contributed by atoms with E-state index in [1.807, 2.05) is 0 Å². The van der Waals surface area contributed by atoms with E-state index in [9.17, 15) is 4.79 Å². The van der Waals surface area contributed by atoms with Gasteiger partial charge in [-0.15, -0.1) is 0 Å². The van der Waals surface area contributed by atoms with Crippen molar-refractivity contribution in [2.45, 2.75) is 44.9 Å². The van der Waals surface area contributed by atoms with E-state index in [1.165, 1.54) is 0 Å². The Labute approximate surface area is 109 Å². The predicted octanol–water partition coefficient (Wildman–Crippen LogP) is -0.0362. The summed E-state index contributed by atoms with van der Waals surface area (Å²) < 4.78 is 5.70. The van der Waals surface area contributed by atoms with Gasteiger partial charge in [0, 0.05) is 31.7 Å². The monoisotopic (exact) mass is 255 g/mol. The lowest BCUT2D eigenvalue weighted by molar-refractivity contribution is -0.120. The van der Waals surface area contributed by atoms with Crippen LogP contribution in [0.25, 0.3) is 0 Å². The minimum atomic E-state index is 0.106. The van der Waals surface area contributed by atoms with Gasteiger partial charge in [0.1, 0.15) is 0 Å². The zero-order chi connectivity index (χ0) is 13.0. The van der Waals surface area contributed by atoms with E-state index < -0.39 is 0 Å². The summed E-state index contributed by atoms with van der Waals surface area (Å²) in [6.45, 7) is 8.32. The Morgan fingerprint density at radius 1 is 1.44 bits per heavy atom. The van der Waals surface area contributed by atoms with Gasteiger partial charge in [-0.2, -0.15) is 0 Å². The number of carbonyl (C=O) groups excluding carboxylic acids is 1. The minimum absolute atomic E-state index is 0.106. The van der Waals surface area contributed by atoms with Crippen molar-refractivity contribution in [2.75, 3.05) is 32.8 Å². The molecule has 104 valence electrons. The molecule has 0 aromatic heterocycles. The van der Waals surface area contributed by atoms with Crippen molar-refractivity contribution in [3.8, 4) is 0 Å². The number of carbonyl (C=O) groups is 1. The second-order valence-electron chi connectivity index (χ2n) is 5.55. The molecule has 1 amide bonds. The van der Waals surface area contributed by atoms with Gasteiger partial charge < -0.3 is 15.4 Å². The normalized spacial score (nSPS) is 25.4. The molecule has 5 heteroatoms. The van der Waals surface area contributed by atoms with Crippen molar-refractivity contribution in [2.24, 2.45) is 0 Å². The second-order valence-corrected chi connectivity index (χ2v) is 5.55. The van der Waals surface area contributed by atoms with E-state index in [0.29, 0.717) is 18.6 Å². The van der Waals surface area contributed by atoms with E-state index in [-0.39, 0.29) is 12.0 Å². The molecule has 0 radical (unpaired) electrons. The van der Waals surface area contributed by atoms with Gasteiger partial charge >= 0.3 is 0 Å². The first-order valence-corrected chi connectivity index (χ1v) is 7.01. The molecule has 0 bridgehead atoms. The van der Waals surface area contributed by atoms with Crippen molar-refractivity contribution in [1.29, 1.82) is 0 Å². The van der Waals surface area contributed by atoms with Crippen molar-refractivity contribution in [3.05, 3.63) is 0 Å².